The van der Waals surface area contributed by atoms with Gasteiger partial charge in [0.15, 0.2) is 0 Å². The number of anilines is 1. The van der Waals surface area contributed by atoms with Gasteiger partial charge >= 0.3 is 11.8 Å². The van der Waals surface area contributed by atoms with Crippen molar-refractivity contribution < 1.29 is 9.59 Å². The summed E-state index contributed by atoms with van der Waals surface area (Å²) in [5, 5.41) is 5.23. The molecule has 0 saturated heterocycles. The number of aryl methyl sites for hydroxylation is 3. The third kappa shape index (κ3) is 4.19. The van der Waals surface area contributed by atoms with Crippen molar-refractivity contribution in [2.24, 2.45) is 0 Å². The van der Waals surface area contributed by atoms with Crippen LogP contribution >= 0.6 is 0 Å². The van der Waals surface area contributed by atoms with Crippen LogP contribution in [0.25, 0.3) is 0 Å². The predicted octanol–water partition coefficient (Wildman–Crippen LogP) is 2.87. The van der Waals surface area contributed by atoms with Crippen LogP contribution in [0, 0.1) is 20.8 Å². The zero-order valence-electron chi connectivity index (χ0n) is 13.1. The first-order chi connectivity index (χ1) is 10.5. The molecule has 0 unspecified atom stereocenters. The van der Waals surface area contributed by atoms with Crippen LogP contribution in [-0.2, 0) is 16.1 Å². The van der Waals surface area contributed by atoms with Crippen LogP contribution in [0.2, 0.25) is 0 Å². The highest BCUT2D eigenvalue weighted by molar-refractivity contribution is 6.39. The Hall–Kier alpha value is -2.62. The topological polar surface area (TPSA) is 58.2 Å². The lowest BCUT2D eigenvalue weighted by molar-refractivity contribution is -0.136. The van der Waals surface area contributed by atoms with Gasteiger partial charge in [0.05, 0.1) is 0 Å². The fraction of sp³-hybridized carbons (Fsp3) is 0.222. The Morgan fingerprint density at radius 1 is 0.909 bits per heavy atom. The van der Waals surface area contributed by atoms with Crippen molar-refractivity contribution in [2.45, 2.75) is 27.3 Å². The first-order valence-corrected chi connectivity index (χ1v) is 7.17. The van der Waals surface area contributed by atoms with Crippen LogP contribution in [0.3, 0.4) is 0 Å². The summed E-state index contributed by atoms with van der Waals surface area (Å²) in [4.78, 5) is 23.7. The highest BCUT2D eigenvalue weighted by Gasteiger charge is 2.13. The van der Waals surface area contributed by atoms with Gasteiger partial charge in [-0.2, -0.15) is 0 Å². The van der Waals surface area contributed by atoms with E-state index >= 15 is 0 Å². The standard InChI is InChI=1S/C18H20N2O2/c1-12-5-4-6-15(9-12)11-19-17(21)18(22)20-16-8-7-13(2)14(3)10-16/h4-10H,11H2,1-3H3,(H,19,21)(H,20,22). The summed E-state index contributed by atoms with van der Waals surface area (Å²) in [6, 6.07) is 13.3. The minimum atomic E-state index is -0.657. The Bertz CT molecular complexity index is 708. The zero-order valence-corrected chi connectivity index (χ0v) is 13.1. The van der Waals surface area contributed by atoms with E-state index in [0.717, 1.165) is 22.3 Å². The third-order valence-corrected chi connectivity index (χ3v) is 3.51. The molecule has 2 N–H and O–H groups in total. The van der Waals surface area contributed by atoms with Gasteiger partial charge < -0.3 is 10.6 Å². The Morgan fingerprint density at radius 2 is 1.68 bits per heavy atom. The van der Waals surface area contributed by atoms with E-state index in [1.165, 1.54) is 0 Å². The summed E-state index contributed by atoms with van der Waals surface area (Å²) in [6.45, 7) is 6.27. The van der Waals surface area contributed by atoms with Crippen molar-refractivity contribution in [3.05, 3.63) is 64.7 Å². The van der Waals surface area contributed by atoms with Gasteiger partial charge in [-0.05, 0) is 49.6 Å². The molecule has 0 radical (unpaired) electrons. The molecule has 4 nitrogen and oxygen atoms in total. The molecule has 4 heteroatoms. The van der Waals surface area contributed by atoms with E-state index in [9.17, 15) is 9.59 Å². The van der Waals surface area contributed by atoms with Gasteiger partial charge in [0.1, 0.15) is 0 Å². The van der Waals surface area contributed by atoms with Crippen LogP contribution in [0.5, 0.6) is 0 Å². The van der Waals surface area contributed by atoms with Gasteiger partial charge in [0, 0.05) is 12.2 Å². The minimum absolute atomic E-state index is 0.334. The number of hydrogen-bond donors (Lipinski definition) is 2. The van der Waals surface area contributed by atoms with Crippen LogP contribution in [-0.4, -0.2) is 11.8 Å². The van der Waals surface area contributed by atoms with Crippen molar-refractivity contribution in [3.63, 3.8) is 0 Å². The Morgan fingerprint density at radius 3 is 2.36 bits per heavy atom. The summed E-state index contributed by atoms with van der Waals surface area (Å²) in [5.41, 5.74) is 4.91. The van der Waals surface area contributed by atoms with E-state index in [2.05, 4.69) is 10.6 Å². The molecule has 0 bridgehead atoms. The van der Waals surface area contributed by atoms with Gasteiger partial charge in [0.2, 0.25) is 0 Å². The average Bonchev–Trinajstić information content (AvgIpc) is 2.48. The summed E-state index contributed by atoms with van der Waals surface area (Å²) in [7, 11) is 0. The van der Waals surface area contributed by atoms with E-state index in [0.29, 0.717) is 12.2 Å². The molecule has 0 heterocycles. The van der Waals surface area contributed by atoms with E-state index < -0.39 is 11.8 Å². The minimum Gasteiger partial charge on any atom is -0.344 e. The number of amides is 2. The number of rotatable bonds is 3. The Kier molecular flexibility index (Phi) is 4.94. The maximum atomic E-state index is 11.9. The molecule has 2 rings (SSSR count). The lowest BCUT2D eigenvalue weighted by atomic mass is 10.1. The molecule has 0 spiro atoms. The molecular weight excluding hydrogens is 276 g/mol. The van der Waals surface area contributed by atoms with Crippen LogP contribution in [0.15, 0.2) is 42.5 Å². The molecule has 0 aromatic heterocycles. The molecule has 0 aliphatic heterocycles. The highest BCUT2D eigenvalue weighted by Crippen LogP contribution is 2.14. The second-order valence-corrected chi connectivity index (χ2v) is 5.42. The molecular formula is C18H20N2O2. The maximum absolute atomic E-state index is 11.9. The lowest BCUT2D eigenvalue weighted by Crippen LogP contribution is -2.35. The number of carbonyl (C=O) groups excluding carboxylic acids is 2. The molecule has 114 valence electrons. The van der Waals surface area contributed by atoms with Crippen molar-refractivity contribution in [1.29, 1.82) is 0 Å². The average molecular weight is 296 g/mol. The number of benzene rings is 2. The SMILES string of the molecule is Cc1cccc(CNC(=O)C(=O)Nc2ccc(C)c(C)c2)c1. The fourth-order valence-corrected chi connectivity index (χ4v) is 2.09. The quantitative estimate of drug-likeness (QED) is 0.856. The number of nitrogens with one attached hydrogen (secondary N) is 2. The van der Waals surface area contributed by atoms with Crippen LogP contribution in [0.1, 0.15) is 22.3 Å². The molecule has 0 aliphatic carbocycles. The predicted molar refractivity (Wildman–Crippen MR) is 87.6 cm³/mol. The summed E-state index contributed by atoms with van der Waals surface area (Å²) in [5.74, 6) is -1.30. The molecule has 0 saturated carbocycles. The molecule has 2 aromatic carbocycles. The largest absolute Gasteiger partial charge is 0.344 e. The highest BCUT2D eigenvalue weighted by atomic mass is 16.2. The smallest absolute Gasteiger partial charge is 0.313 e. The lowest BCUT2D eigenvalue weighted by Gasteiger charge is -2.08. The van der Waals surface area contributed by atoms with E-state index in [-0.39, 0.29) is 0 Å². The van der Waals surface area contributed by atoms with Crippen molar-refractivity contribution in [1.82, 2.24) is 5.32 Å². The van der Waals surface area contributed by atoms with Gasteiger partial charge in [-0.3, -0.25) is 9.59 Å². The van der Waals surface area contributed by atoms with Crippen molar-refractivity contribution in [3.8, 4) is 0 Å². The van der Waals surface area contributed by atoms with E-state index in [1.807, 2.05) is 57.2 Å². The van der Waals surface area contributed by atoms with Gasteiger partial charge in [-0.15, -0.1) is 0 Å². The molecule has 0 fully saturated rings. The number of hydrogen-bond acceptors (Lipinski definition) is 2. The molecule has 2 amide bonds. The Labute approximate surface area is 130 Å². The van der Waals surface area contributed by atoms with Gasteiger partial charge in [0.25, 0.3) is 0 Å². The molecule has 0 aliphatic rings. The van der Waals surface area contributed by atoms with Crippen molar-refractivity contribution >= 4 is 17.5 Å². The summed E-state index contributed by atoms with van der Waals surface area (Å²) < 4.78 is 0. The summed E-state index contributed by atoms with van der Waals surface area (Å²) in [6.07, 6.45) is 0. The zero-order chi connectivity index (χ0) is 16.1. The second-order valence-electron chi connectivity index (χ2n) is 5.42. The summed E-state index contributed by atoms with van der Waals surface area (Å²) >= 11 is 0. The monoisotopic (exact) mass is 296 g/mol. The first kappa shape index (κ1) is 15.8. The first-order valence-electron chi connectivity index (χ1n) is 7.17. The third-order valence-electron chi connectivity index (χ3n) is 3.51. The van der Waals surface area contributed by atoms with Crippen molar-refractivity contribution in [2.75, 3.05) is 5.32 Å². The van der Waals surface area contributed by atoms with E-state index in [4.69, 9.17) is 0 Å². The van der Waals surface area contributed by atoms with Gasteiger partial charge in [-0.1, -0.05) is 35.9 Å². The molecule has 0 atom stereocenters. The van der Waals surface area contributed by atoms with E-state index in [1.54, 1.807) is 6.07 Å². The van der Waals surface area contributed by atoms with Crippen LogP contribution in [0.4, 0.5) is 5.69 Å². The van der Waals surface area contributed by atoms with Crippen LogP contribution < -0.4 is 10.6 Å². The molecule has 22 heavy (non-hydrogen) atoms. The Balaban J connectivity index is 1.92. The maximum Gasteiger partial charge on any atom is 0.313 e. The second kappa shape index (κ2) is 6.89. The van der Waals surface area contributed by atoms with Gasteiger partial charge in [-0.25, -0.2) is 0 Å². The fourth-order valence-electron chi connectivity index (χ4n) is 2.09. The molecule has 2 aromatic rings. The normalized spacial score (nSPS) is 10.1. The number of carbonyl (C=O) groups is 2.